The van der Waals surface area contributed by atoms with Crippen molar-refractivity contribution in [1.29, 1.82) is 5.26 Å². The first-order chi connectivity index (χ1) is 12.2. The summed E-state index contributed by atoms with van der Waals surface area (Å²) in [5, 5.41) is 11.5. The van der Waals surface area contributed by atoms with Crippen LogP contribution in [0.3, 0.4) is 0 Å². The molecule has 0 atom stereocenters. The quantitative estimate of drug-likeness (QED) is 0.883. The first kappa shape index (κ1) is 19.6. The second kappa shape index (κ2) is 8.08. The summed E-state index contributed by atoms with van der Waals surface area (Å²) in [6.07, 6.45) is -4.53. The average Bonchev–Trinajstić information content (AvgIpc) is 2.60. The van der Waals surface area contributed by atoms with Crippen molar-refractivity contribution in [3.05, 3.63) is 29.3 Å². The predicted octanol–water partition coefficient (Wildman–Crippen LogP) is 2.07. The zero-order valence-electron chi connectivity index (χ0n) is 14.3. The van der Waals surface area contributed by atoms with E-state index >= 15 is 0 Å². The Bertz CT molecular complexity index is 720. The molecule has 0 radical (unpaired) electrons. The molecule has 9 heteroatoms. The molecule has 6 nitrogen and oxygen atoms in total. The maximum atomic E-state index is 13.0. The lowest BCUT2D eigenvalue weighted by atomic mass is 10.1. The molecule has 1 aliphatic rings. The van der Waals surface area contributed by atoms with E-state index in [4.69, 9.17) is 5.26 Å². The molecule has 1 saturated heterocycles. The van der Waals surface area contributed by atoms with E-state index < -0.39 is 11.7 Å². The van der Waals surface area contributed by atoms with Crippen molar-refractivity contribution >= 4 is 17.5 Å². The van der Waals surface area contributed by atoms with E-state index in [1.54, 1.807) is 15.9 Å². The van der Waals surface area contributed by atoms with E-state index in [0.717, 1.165) is 18.2 Å². The van der Waals surface area contributed by atoms with Gasteiger partial charge in [-0.1, -0.05) is 0 Å². The third-order valence-electron chi connectivity index (χ3n) is 4.19. The Morgan fingerprint density at radius 1 is 1.19 bits per heavy atom. The minimum atomic E-state index is -4.55. The molecular weight excluding hydrogens is 349 g/mol. The second-order valence-corrected chi connectivity index (χ2v) is 5.93. The van der Waals surface area contributed by atoms with Crippen LogP contribution in [-0.4, -0.2) is 54.3 Å². The van der Waals surface area contributed by atoms with Gasteiger partial charge in [-0.15, -0.1) is 0 Å². The first-order valence-electron chi connectivity index (χ1n) is 8.11. The molecule has 2 amide bonds. The number of hydrogen-bond acceptors (Lipinski definition) is 4. The minimum Gasteiger partial charge on any atom is -0.384 e. The molecule has 1 aliphatic heterocycles. The molecule has 1 N–H and O–H groups in total. The number of nitriles is 1. The predicted molar refractivity (Wildman–Crippen MR) is 88.1 cm³/mol. The van der Waals surface area contributed by atoms with Crippen molar-refractivity contribution < 1.29 is 22.8 Å². The highest BCUT2D eigenvalue weighted by molar-refractivity contribution is 5.78. The lowest BCUT2D eigenvalue weighted by Crippen LogP contribution is -2.50. The third kappa shape index (κ3) is 4.88. The molecule has 1 aromatic carbocycles. The van der Waals surface area contributed by atoms with Crippen LogP contribution in [0, 0.1) is 11.3 Å². The Kier molecular flexibility index (Phi) is 6.08. The summed E-state index contributed by atoms with van der Waals surface area (Å²) in [6, 6.07) is 4.88. The molecule has 0 saturated carbocycles. The molecule has 0 aliphatic carbocycles. The number of halogens is 3. The van der Waals surface area contributed by atoms with Crippen LogP contribution in [0.25, 0.3) is 0 Å². The fraction of sp³-hybridized carbons (Fsp3) is 0.471. The largest absolute Gasteiger partial charge is 0.418 e. The van der Waals surface area contributed by atoms with Gasteiger partial charge in [-0.05, 0) is 18.2 Å². The minimum absolute atomic E-state index is 0.0176. The van der Waals surface area contributed by atoms with Crippen molar-refractivity contribution in [3.63, 3.8) is 0 Å². The number of amides is 2. The summed E-state index contributed by atoms with van der Waals surface area (Å²) in [7, 11) is 0. The molecule has 1 heterocycles. The second-order valence-electron chi connectivity index (χ2n) is 5.93. The molecular formula is C17H19F3N4O2. The van der Waals surface area contributed by atoms with E-state index in [9.17, 15) is 22.8 Å². The monoisotopic (exact) mass is 368 g/mol. The molecule has 26 heavy (non-hydrogen) atoms. The number of nitrogens with zero attached hydrogens (tertiary/aromatic N) is 3. The Labute approximate surface area is 149 Å². The number of piperazine rings is 1. The van der Waals surface area contributed by atoms with Crippen molar-refractivity contribution in [2.75, 3.05) is 38.0 Å². The molecule has 1 fully saturated rings. The first-order valence-corrected chi connectivity index (χ1v) is 8.11. The fourth-order valence-corrected chi connectivity index (χ4v) is 2.74. The summed E-state index contributed by atoms with van der Waals surface area (Å²) in [5.74, 6) is -0.235. The van der Waals surface area contributed by atoms with Gasteiger partial charge in [0, 0.05) is 51.8 Å². The fourth-order valence-electron chi connectivity index (χ4n) is 2.74. The van der Waals surface area contributed by atoms with Crippen LogP contribution in [0.2, 0.25) is 0 Å². The van der Waals surface area contributed by atoms with Gasteiger partial charge in [0.2, 0.25) is 11.8 Å². The Morgan fingerprint density at radius 2 is 1.81 bits per heavy atom. The molecule has 140 valence electrons. The topological polar surface area (TPSA) is 76.4 Å². The van der Waals surface area contributed by atoms with Gasteiger partial charge in [0.15, 0.2) is 0 Å². The van der Waals surface area contributed by atoms with Crippen LogP contribution >= 0.6 is 0 Å². The summed E-state index contributed by atoms with van der Waals surface area (Å²) < 4.78 is 39.1. The third-order valence-corrected chi connectivity index (χ3v) is 4.19. The highest BCUT2D eigenvalue weighted by atomic mass is 19.4. The SMILES string of the molecule is CC(=O)N1CCN(C(=O)CCNc2cc(C#N)ccc2C(F)(F)F)CC1. The van der Waals surface area contributed by atoms with Crippen LogP contribution in [0.4, 0.5) is 18.9 Å². The summed E-state index contributed by atoms with van der Waals surface area (Å²) in [5.41, 5.74) is -0.989. The van der Waals surface area contributed by atoms with E-state index in [2.05, 4.69) is 5.32 Å². The van der Waals surface area contributed by atoms with Gasteiger partial charge in [-0.2, -0.15) is 18.4 Å². The van der Waals surface area contributed by atoms with Crippen molar-refractivity contribution in [3.8, 4) is 6.07 Å². The highest BCUT2D eigenvalue weighted by Gasteiger charge is 2.33. The number of carbonyl (C=O) groups is 2. The molecule has 0 bridgehead atoms. The number of benzene rings is 1. The smallest absolute Gasteiger partial charge is 0.384 e. The van der Waals surface area contributed by atoms with Crippen molar-refractivity contribution in [1.82, 2.24) is 9.80 Å². The Balaban J connectivity index is 1.92. The van der Waals surface area contributed by atoms with Crippen LogP contribution < -0.4 is 5.32 Å². The zero-order valence-corrected chi connectivity index (χ0v) is 14.3. The molecule has 2 rings (SSSR count). The number of nitrogens with one attached hydrogen (secondary N) is 1. The summed E-state index contributed by atoms with van der Waals surface area (Å²) in [6.45, 7) is 3.22. The van der Waals surface area contributed by atoms with Gasteiger partial charge < -0.3 is 15.1 Å². The Hall–Kier alpha value is -2.76. The average molecular weight is 368 g/mol. The number of hydrogen-bond donors (Lipinski definition) is 1. The van der Waals surface area contributed by atoms with Gasteiger partial charge in [0.25, 0.3) is 0 Å². The van der Waals surface area contributed by atoms with Crippen LogP contribution in [0.1, 0.15) is 24.5 Å². The molecule has 0 aromatic heterocycles. The van der Waals surface area contributed by atoms with Gasteiger partial charge in [0.1, 0.15) is 0 Å². The van der Waals surface area contributed by atoms with E-state index in [1.165, 1.54) is 6.92 Å². The van der Waals surface area contributed by atoms with E-state index in [1.807, 2.05) is 0 Å². The van der Waals surface area contributed by atoms with Crippen molar-refractivity contribution in [2.45, 2.75) is 19.5 Å². The van der Waals surface area contributed by atoms with Crippen LogP contribution in [0.15, 0.2) is 18.2 Å². The lowest BCUT2D eigenvalue weighted by molar-refractivity contribution is -0.138. The van der Waals surface area contributed by atoms with Crippen molar-refractivity contribution in [2.24, 2.45) is 0 Å². The summed E-state index contributed by atoms with van der Waals surface area (Å²) in [4.78, 5) is 26.7. The molecule has 1 aromatic rings. The summed E-state index contributed by atoms with van der Waals surface area (Å²) >= 11 is 0. The van der Waals surface area contributed by atoms with Crippen LogP contribution in [0.5, 0.6) is 0 Å². The van der Waals surface area contributed by atoms with Gasteiger partial charge in [-0.25, -0.2) is 0 Å². The van der Waals surface area contributed by atoms with E-state index in [-0.39, 0.29) is 36.0 Å². The molecule has 0 spiro atoms. The number of alkyl halides is 3. The number of carbonyl (C=O) groups excluding carboxylic acids is 2. The lowest BCUT2D eigenvalue weighted by Gasteiger charge is -2.34. The van der Waals surface area contributed by atoms with E-state index in [0.29, 0.717) is 26.2 Å². The maximum Gasteiger partial charge on any atom is 0.418 e. The maximum absolute atomic E-state index is 13.0. The Morgan fingerprint density at radius 3 is 2.35 bits per heavy atom. The van der Waals surface area contributed by atoms with Crippen LogP contribution in [-0.2, 0) is 15.8 Å². The number of rotatable bonds is 4. The van der Waals surface area contributed by atoms with Gasteiger partial charge >= 0.3 is 6.18 Å². The van der Waals surface area contributed by atoms with Gasteiger partial charge in [0.05, 0.1) is 17.2 Å². The molecule has 0 unspecified atom stereocenters. The van der Waals surface area contributed by atoms with Gasteiger partial charge in [-0.3, -0.25) is 9.59 Å². The highest BCUT2D eigenvalue weighted by Crippen LogP contribution is 2.35. The normalized spacial score (nSPS) is 14.7. The zero-order chi connectivity index (χ0) is 19.3. The standard InChI is InChI=1S/C17H19F3N4O2/c1-12(25)23-6-8-24(9-7-23)16(26)4-5-22-15-10-13(11-21)2-3-14(15)17(18,19)20/h2-3,10,22H,4-9H2,1H3. The number of anilines is 1.